The van der Waals surface area contributed by atoms with Gasteiger partial charge in [-0.15, -0.1) is 0 Å². The first-order chi connectivity index (χ1) is 17.8. The smallest absolute Gasteiger partial charge is 0.256 e. The summed E-state index contributed by atoms with van der Waals surface area (Å²) in [5.74, 6) is 0.0500. The predicted molar refractivity (Wildman–Crippen MR) is 150 cm³/mol. The number of amides is 1. The molecule has 36 heavy (non-hydrogen) atoms. The molecule has 1 amide bonds. The van der Waals surface area contributed by atoms with E-state index in [2.05, 4.69) is 65.4 Å². The summed E-state index contributed by atoms with van der Waals surface area (Å²) in [4.78, 5) is 24.0. The maximum absolute atomic E-state index is 13.4. The van der Waals surface area contributed by atoms with Gasteiger partial charge in [0.1, 0.15) is 0 Å². The van der Waals surface area contributed by atoms with Crippen LogP contribution in [0.2, 0.25) is 0 Å². The molecule has 4 nitrogen and oxygen atoms in total. The number of unbranched alkanes of at least 4 members (excludes halogenated alkanes) is 1. The normalized spacial score (nSPS) is 10.3. The summed E-state index contributed by atoms with van der Waals surface area (Å²) in [6.07, 6.45) is 9.15. The highest BCUT2D eigenvalue weighted by molar-refractivity contribution is 5.99. The van der Waals surface area contributed by atoms with Crippen molar-refractivity contribution >= 4 is 5.91 Å². The van der Waals surface area contributed by atoms with Gasteiger partial charge < -0.3 is 4.90 Å². The first-order valence-electron chi connectivity index (χ1n) is 13.1. The molecule has 0 spiro atoms. The van der Waals surface area contributed by atoms with Gasteiger partial charge in [-0.05, 0) is 66.6 Å². The van der Waals surface area contributed by atoms with Crippen molar-refractivity contribution in [2.24, 2.45) is 0 Å². The van der Waals surface area contributed by atoms with Gasteiger partial charge in [-0.1, -0.05) is 75.4 Å². The molecule has 0 unspecified atom stereocenters. The number of rotatable bonds is 10. The minimum atomic E-state index is 0.0500. The molecule has 0 aliphatic carbocycles. The lowest BCUT2D eigenvalue weighted by atomic mass is 10.0. The van der Waals surface area contributed by atoms with E-state index in [1.54, 1.807) is 18.6 Å². The van der Waals surface area contributed by atoms with Gasteiger partial charge in [0, 0.05) is 37.2 Å². The third-order valence-corrected chi connectivity index (χ3v) is 5.98. The second-order valence-corrected chi connectivity index (χ2v) is 8.45. The molecule has 186 valence electrons. The lowest BCUT2D eigenvalue weighted by Crippen LogP contribution is -2.33. The van der Waals surface area contributed by atoms with E-state index >= 15 is 0 Å². The Kier molecular flexibility index (Phi) is 10.9. The second kappa shape index (κ2) is 14.6. The lowest BCUT2D eigenvalue weighted by Gasteiger charge is -2.23. The topological polar surface area (TPSA) is 46.1 Å². The average molecular weight is 480 g/mol. The maximum atomic E-state index is 13.4. The summed E-state index contributed by atoms with van der Waals surface area (Å²) >= 11 is 0. The monoisotopic (exact) mass is 479 g/mol. The number of aryl methyl sites for hydroxylation is 1. The van der Waals surface area contributed by atoms with Crippen LogP contribution >= 0.6 is 0 Å². The number of carbonyl (C=O) groups is 1. The van der Waals surface area contributed by atoms with Crippen LogP contribution in [0.15, 0.2) is 97.5 Å². The fourth-order valence-electron chi connectivity index (χ4n) is 4.20. The molecular formula is C32H37N3O. The molecule has 4 heteroatoms. The number of aromatic nitrogens is 2. The zero-order valence-electron chi connectivity index (χ0n) is 21.7. The second-order valence-electron chi connectivity index (χ2n) is 8.45. The van der Waals surface area contributed by atoms with Crippen LogP contribution in [0.5, 0.6) is 0 Å². The van der Waals surface area contributed by atoms with E-state index < -0.39 is 0 Å². The summed E-state index contributed by atoms with van der Waals surface area (Å²) < 4.78 is 0. The maximum Gasteiger partial charge on any atom is 0.256 e. The van der Waals surface area contributed by atoms with Gasteiger partial charge in [-0.2, -0.15) is 0 Å². The molecule has 0 fully saturated rings. The summed E-state index contributed by atoms with van der Waals surface area (Å²) in [7, 11) is 0. The van der Waals surface area contributed by atoms with Crippen LogP contribution < -0.4 is 0 Å². The van der Waals surface area contributed by atoms with Gasteiger partial charge in [0.15, 0.2) is 0 Å². The standard InChI is InChI=1S/C30H31N3O.C2H6/c1-2-22-33(30(34)28-12-8-19-32-29(28)27-17-20-31-21-18-27)23-7-6-9-24-13-15-26(16-14-24)25-10-4-3-5-11-25;1-2/h3-5,8,10-21H,2,6-7,9,22-23H2,1H3;1-2H3. The number of benzene rings is 2. The Morgan fingerprint density at radius 3 is 2.11 bits per heavy atom. The van der Waals surface area contributed by atoms with Gasteiger partial charge in [-0.25, -0.2) is 0 Å². The van der Waals surface area contributed by atoms with E-state index in [1.165, 1.54) is 16.7 Å². The summed E-state index contributed by atoms with van der Waals surface area (Å²) in [6.45, 7) is 7.61. The molecule has 2 heterocycles. The lowest BCUT2D eigenvalue weighted by molar-refractivity contribution is 0.0753. The molecule has 0 saturated carbocycles. The molecule has 0 saturated heterocycles. The fourth-order valence-corrected chi connectivity index (χ4v) is 4.20. The number of hydrogen-bond acceptors (Lipinski definition) is 3. The van der Waals surface area contributed by atoms with Crippen molar-refractivity contribution in [2.45, 2.75) is 46.5 Å². The van der Waals surface area contributed by atoms with Crippen molar-refractivity contribution < 1.29 is 4.79 Å². The third-order valence-electron chi connectivity index (χ3n) is 5.98. The van der Waals surface area contributed by atoms with Crippen LogP contribution in [0.25, 0.3) is 22.4 Å². The zero-order chi connectivity index (χ0) is 25.6. The van der Waals surface area contributed by atoms with Crippen LogP contribution in [-0.4, -0.2) is 33.9 Å². The first-order valence-corrected chi connectivity index (χ1v) is 13.1. The largest absolute Gasteiger partial charge is 0.339 e. The van der Waals surface area contributed by atoms with Gasteiger partial charge >= 0.3 is 0 Å². The number of hydrogen-bond donors (Lipinski definition) is 0. The summed E-state index contributed by atoms with van der Waals surface area (Å²) in [5.41, 5.74) is 6.10. The van der Waals surface area contributed by atoms with Gasteiger partial charge in [0.25, 0.3) is 5.91 Å². The Bertz CT molecular complexity index is 1170. The fraction of sp³-hybridized carbons (Fsp3) is 0.281. The van der Waals surface area contributed by atoms with E-state index in [-0.39, 0.29) is 5.91 Å². The molecule has 2 aromatic carbocycles. The molecule has 0 radical (unpaired) electrons. The highest BCUT2D eigenvalue weighted by atomic mass is 16.2. The van der Waals surface area contributed by atoms with E-state index in [4.69, 9.17) is 0 Å². The molecule has 0 N–H and O–H groups in total. The minimum absolute atomic E-state index is 0.0500. The highest BCUT2D eigenvalue weighted by Gasteiger charge is 2.19. The number of pyridine rings is 2. The van der Waals surface area contributed by atoms with Gasteiger partial charge in [0.05, 0.1) is 11.3 Å². The van der Waals surface area contributed by atoms with E-state index in [9.17, 15) is 4.79 Å². The Morgan fingerprint density at radius 1 is 0.722 bits per heavy atom. The molecule has 2 aromatic heterocycles. The Morgan fingerprint density at radius 2 is 1.42 bits per heavy atom. The molecule has 0 aliphatic rings. The van der Waals surface area contributed by atoms with Crippen LogP contribution in [0.1, 0.15) is 56.0 Å². The number of carbonyl (C=O) groups excluding carboxylic acids is 1. The molecule has 0 aliphatic heterocycles. The zero-order valence-corrected chi connectivity index (χ0v) is 21.7. The highest BCUT2D eigenvalue weighted by Crippen LogP contribution is 2.23. The van der Waals surface area contributed by atoms with Crippen molar-refractivity contribution in [2.75, 3.05) is 13.1 Å². The Labute approximate surface area is 216 Å². The van der Waals surface area contributed by atoms with Crippen molar-refractivity contribution in [1.29, 1.82) is 0 Å². The minimum Gasteiger partial charge on any atom is -0.339 e. The number of nitrogens with zero attached hydrogens (tertiary/aromatic N) is 3. The Balaban J connectivity index is 0.00000176. The van der Waals surface area contributed by atoms with E-state index in [0.717, 1.165) is 50.0 Å². The molecule has 0 atom stereocenters. The van der Waals surface area contributed by atoms with Crippen LogP contribution in [0, 0.1) is 0 Å². The molecular weight excluding hydrogens is 442 g/mol. The van der Waals surface area contributed by atoms with Crippen molar-refractivity contribution in [3.63, 3.8) is 0 Å². The SMILES string of the molecule is CC.CCCN(CCCCc1ccc(-c2ccccc2)cc1)C(=O)c1cccnc1-c1ccncc1. The van der Waals surface area contributed by atoms with Crippen molar-refractivity contribution in [3.05, 3.63) is 109 Å². The van der Waals surface area contributed by atoms with Crippen LogP contribution in [-0.2, 0) is 6.42 Å². The van der Waals surface area contributed by atoms with E-state index in [1.807, 2.05) is 49.1 Å². The molecule has 4 rings (SSSR count). The summed E-state index contributed by atoms with van der Waals surface area (Å²) in [5, 5.41) is 0. The van der Waals surface area contributed by atoms with Crippen molar-refractivity contribution in [1.82, 2.24) is 14.9 Å². The average Bonchev–Trinajstić information content (AvgIpc) is 2.96. The van der Waals surface area contributed by atoms with E-state index in [0.29, 0.717) is 5.56 Å². The van der Waals surface area contributed by atoms with Crippen molar-refractivity contribution in [3.8, 4) is 22.4 Å². The van der Waals surface area contributed by atoms with Gasteiger partial charge in [-0.3, -0.25) is 14.8 Å². The third kappa shape index (κ3) is 7.35. The first kappa shape index (κ1) is 26.8. The molecule has 4 aromatic rings. The quantitative estimate of drug-likeness (QED) is 0.219. The van der Waals surface area contributed by atoms with Crippen LogP contribution in [0.4, 0.5) is 0 Å². The Hall–Kier alpha value is -3.79. The predicted octanol–water partition coefficient (Wildman–Crippen LogP) is 7.71. The summed E-state index contributed by atoms with van der Waals surface area (Å²) in [6, 6.07) is 26.8. The molecule has 0 bridgehead atoms. The van der Waals surface area contributed by atoms with Crippen LogP contribution in [0.3, 0.4) is 0 Å². The van der Waals surface area contributed by atoms with Gasteiger partial charge in [0.2, 0.25) is 0 Å².